The lowest BCUT2D eigenvalue weighted by molar-refractivity contribution is -0.128. The van der Waals surface area contributed by atoms with E-state index in [9.17, 15) is 9.59 Å². The predicted octanol–water partition coefficient (Wildman–Crippen LogP) is 1.40. The summed E-state index contributed by atoms with van der Waals surface area (Å²) in [6.07, 6.45) is 3.37. The predicted molar refractivity (Wildman–Crippen MR) is 94.6 cm³/mol. The van der Waals surface area contributed by atoms with Crippen molar-refractivity contribution in [2.75, 3.05) is 38.2 Å². The van der Waals surface area contributed by atoms with Crippen LogP contribution in [0, 0.1) is 5.41 Å². The summed E-state index contributed by atoms with van der Waals surface area (Å²) >= 11 is 0. The van der Waals surface area contributed by atoms with Crippen molar-refractivity contribution in [3.63, 3.8) is 0 Å². The Morgan fingerprint density at radius 1 is 1.12 bits per heavy atom. The smallest absolute Gasteiger partial charge is 0.234 e. The highest BCUT2D eigenvalue weighted by Gasteiger charge is 2.51. The Labute approximate surface area is 148 Å². The molecule has 3 aliphatic heterocycles. The van der Waals surface area contributed by atoms with Crippen LogP contribution in [0.3, 0.4) is 0 Å². The quantitative estimate of drug-likeness (QED) is 0.841. The van der Waals surface area contributed by atoms with Crippen molar-refractivity contribution in [1.29, 1.82) is 0 Å². The number of rotatable bonds is 3. The summed E-state index contributed by atoms with van der Waals surface area (Å²) in [6.45, 7) is 3.70. The minimum absolute atomic E-state index is 0.0596. The third-order valence-electron chi connectivity index (χ3n) is 6.04. The highest BCUT2D eigenvalue weighted by Crippen LogP contribution is 2.39. The van der Waals surface area contributed by atoms with Crippen LogP contribution in [0.5, 0.6) is 5.75 Å². The van der Waals surface area contributed by atoms with E-state index in [2.05, 4.69) is 27.2 Å². The van der Waals surface area contributed by atoms with Crippen LogP contribution in [0.2, 0.25) is 0 Å². The molecule has 4 rings (SSSR count). The van der Waals surface area contributed by atoms with Crippen molar-refractivity contribution in [3.8, 4) is 5.75 Å². The minimum atomic E-state index is -0.454. The highest BCUT2D eigenvalue weighted by molar-refractivity contribution is 6.06. The number of ether oxygens (including phenoxy) is 1. The Morgan fingerprint density at radius 3 is 2.44 bits per heavy atom. The number of methoxy groups -OCH3 is 1. The molecule has 0 bridgehead atoms. The fourth-order valence-electron chi connectivity index (χ4n) is 4.52. The molecule has 2 amide bonds. The van der Waals surface area contributed by atoms with Gasteiger partial charge in [0.2, 0.25) is 11.8 Å². The number of carbonyl (C=O) groups excluding carboxylic acids is 2. The first-order valence-corrected chi connectivity index (χ1v) is 9.07. The molecule has 0 radical (unpaired) electrons. The van der Waals surface area contributed by atoms with E-state index in [-0.39, 0.29) is 11.8 Å². The van der Waals surface area contributed by atoms with Crippen molar-refractivity contribution < 1.29 is 14.3 Å². The molecule has 3 aliphatic rings. The average Bonchev–Trinajstić information content (AvgIpc) is 3.18. The number of nitrogens with zero attached hydrogens (tertiary/aromatic N) is 2. The molecule has 134 valence electrons. The fourth-order valence-corrected chi connectivity index (χ4v) is 4.52. The zero-order valence-corrected chi connectivity index (χ0v) is 14.7. The Morgan fingerprint density at radius 2 is 1.84 bits per heavy atom. The first-order chi connectivity index (χ1) is 12.1. The van der Waals surface area contributed by atoms with Crippen LogP contribution in [0.1, 0.15) is 25.7 Å². The number of benzene rings is 1. The molecular formula is C19H25N3O3. The molecule has 1 aromatic carbocycles. The van der Waals surface area contributed by atoms with E-state index in [0.29, 0.717) is 12.5 Å². The Hall–Kier alpha value is -2.08. The van der Waals surface area contributed by atoms with E-state index in [1.54, 1.807) is 7.11 Å². The lowest BCUT2D eigenvalue weighted by atomic mass is 9.85. The molecule has 0 aromatic heterocycles. The number of hydrogen-bond acceptors (Lipinski definition) is 5. The number of carbonyl (C=O) groups is 2. The van der Waals surface area contributed by atoms with Gasteiger partial charge in [-0.05, 0) is 50.1 Å². The maximum atomic E-state index is 12.1. The number of piperidine rings is 1. The topological polar surface area (TPSA) is 61.9 Å². The summed E-state index contributed by atoms with van der Waals surface area (Å²) in [6, 6.07) is 8.73. The zero-order chi connectivity index (χ0) is 17.4. The summed E-state index contributed by atoms with van der Waals surface area (Å²) in [7, 11) is 1.68. The van der Waals surface area contributed by atoms with Gasteiger partial charge in [-0.25, -0.2) is 0 Å². The Bertz CT molecular complexity index is 667. The zero-order valence-electron chi connectivity index (χ0n) is 14.7. The van der Waals surface area contributed by atoms with Gasteiger partial charge in [-0.1, -0.05) is 0 Å². The van der Waals surface area contributed by atoms with Crippen LogP contribution in [-0.2, 0) is 9.59 Å². The molecule has 3 fully saturated rings. The average molecular weight is 343 g/mol. The molecule has 25 heavy (non-hydrogen) atoms. The largest absolute Gasteiger partial charge is 0.497 e. The lowest BCUT2D eigenvalue weighted by Gasteiger charge is -2.38. The van der Waals surface area contributed by atoms with Crippen LogP contribution in [0.15, 0.2) is 24.3 Å². The molecule has 1 N–H and O–H groups in total. The van der Waals surface area contributed by atoms with Crippen molar-refractivity contribution in [2.24, 2.45) is 5.41 Å². The van der Waals surface area contributed by atoms with Gasteiger partial charge in [-0.2, -0.15) is 0 Å². The van der Waals surface area contributed by atoms with Crippen LogP contribution >= 0.6 is 0 Å². The molecule has 6 heteroatoms. The van der Waals surface area contributed by atoms with Crippen LogP contribution < -0.4 is 15.0 Å². The third-order valence-corrected chi connectivity index (χ3v) is 6.04. The molecule has 1 spiro atoms. The molecule has 3 saturated heterocycles. The van der Waals surface area contributed by atoms with Gasteiger partial charge in [0.05, 0.1) is 12.5 Å². The van der Waals surface area contributed by atoms with E-state index < -0.39 is 5.41 Å². The number of amides is 2. The minimum Gasteiger partial charge on any atom is -0.497 e. The molecule has 3 heterocycles. The van der Waals surface area contributed by atoms with Gasteiger partial charge < -0.3 is 9.64 Å². The lowest BCUT2D eigenvalue weighted by Crippen LogP contribution is -2.45. The van der Waals surface area contributed by atoms with E-state index >= 15 is 0 Å². The number of nitrogens with one attached hydrogen (secondary N) is 1. The van der Waals surface area contributed by atoms with Crippen LogP contribution in [-0.4, -0.2) is 56.0 Å². The summed E-state index contributed by atoms with van der Waals surface area (Å²) in [4.78, 5) is 28.6. The van der Waals surface area contributed by atoms with Gasteiger partial charge in [0.15, 0.2) is 0 Å². The van der Waals surface area contributed by atoms with E-state index in [1.165, 1.54) is 5.69 Å². The summed E-state index contributed by atoms with van der Waals surface area (Å²) in [5.74, 6) is 0.710. The van der Waals surface area contributed by atoms with Gasteiger partial charge in [0.25, 0.3) is 0 Å². The second-order valence-corrected chi connectivity index (χ2v) is 7.47. The summed E-state index contributed by atoms with van der Waals surface area (Å²) in [5.41, 5.74) is 0.780. The summed E-state index contributed by atoms with van der Waals surface area (Å²) < 4.78 is 5.22. The van der Waals surface area contributed by atoms with Crippen LogP contribution in [0.4, 0.5) is 5.69 Å². The van der Waals surface area contributed by atoms with E-state index in [4.69, 9.17) is 4.74 Å². The molecule has 6 nitrogen and oxygen atoms in total. The SMILES string of the molecule is COc1ccc(N2CCC(N3CC[C@]4(CC(=O)NC4=O)C3)CC2)cc1. The first-order valence-electron chi connectivity index (χ1n) is 9.07. The molecule has 0 saturated carbocycles. The second kappa shape index (κ2) is 6.33. The second-order valence-electron chi connectivity index (χ2n) is 7.47. The molecule has 1 aromatic rings. The molecule has 1 atom stereocenters. The maximum absolute atomic E-state index is 12.1. The normalized spacial score (nSPS) is 28.0. The Kier molecular flexibility index (Phi) is 4.15. The van der Waals surface area contributed by atoms with Crippen molar-refractivity contribution in [1.82, 2.24) is 10.2 Å². The van der Waals surface area contributed by atoms with Gasteiger partial charge >= 0.3 is 0 Å². The number of hydrogen-bond donors (Lipinski definition) is 1. The highest BCUT2D eigenvalue weighted by atomic mass is 16.5. The van der Waals surface area contributed by atoms with Crippen molar-refractivity contribution in [3.05, 3.63) is 24.3 Å². The van der Waals surface area contributed by atoms with Gasteiger partial charge in [0, 0.05) is 37.8 Å². The number of imide groups is 1. The van der Waals surface area contributed by atoms with Gasteiger partial charge in [-0.3, -0.25) is 19.8 Å². The molecule has 0 unspecified atom stereocenters. The molecule has 0 aliphatic carbocycles. The maximum Gasteiger partial charge on any atom is 0.234 e. The van der Waals surface area contributed by atoms with Gasteiger partial charge in [0.1, 0.15) is 5.75 Å². The van der Waals surface area contributed by atoms with E-state index in [1.807, 2.05) is 12.1 Å². The van der Waals surface area contributed by atoms with E-state index in [0.717, 1.165) is 51.2 Å². The van der Waals surface area contributed by atoms with Crippen molar-refractivity contribution >= 4 is 17.5 Å². The third kappa shape index (κ3) is 2.99. The first kappa shape index (κ1) is 16.4. The Balaban J connectivity index is 1.35. The van der Waals surface area contributed by atoms with Gasteiger partial charge in [-0.15, -0.1) is 0 Å². The number of anilines is 1. The summed E-state index contributed by atoms with van der Waals surface area (Å²) in [5, 5.41) is 2.49. The number of likely N-dealkylation sites (tertiary alicyclic amines) is 1. The fraction of sp³-hybridized carbons (Fsp3) is 0.579. The molecular weight excluding hydrogens is 318 g/mol. The monoisotopic (exact) mass is 343 g/mol. The van der Waals surface area contributed by atoms with Crippen LogP contribution in [0.25, 0.3) is 0 Å². The van der Waals surface area contributed by atoms with Crippen molar-refractivity contribution in [2.45, 2.75) is 31.7 Å². The standard InChI is InChI=1S/C19H25N3O3/c1-25-16-4-2-14(3-5-16)21-9-6-15(7-10-21)22-11-8-19(13-22)12-17(23)20-18(19)24/h2-5,15H,6-13H2,1H3,(H,20,23,24)/t19-/m0/s1.